The average molecular weight is 504 g/mol. The van der Waals surface area contributed by atoms with Crippen LogP contribution in [-0.2, 0) is 28.8 Å². The Balaban J connectivity index is 5.52. The minimum Gasteiger partial charge on any atom is -0.480 e. The van der Waals surface area contributed by atoms with Gasteiger partial charge in [0.2, 0.25) is 29.5 Å². The second-order valence-electron chi connectivity index (χ2n) is 7.44. The molecule has 0 aliphatic heterocycles. The van der Waals surface area contributed by atoms with Gasteiger partial charge in [-0.1, -0.05) is 0 Å². The van der Waals surface area contributed by atoms with Crippen LogP contribution in [0.2, 0.25) is 0 Å². The van der Waals surface area contributed by atoms with Gasteiger partial charge in [0.15, 0.2) is 5.96 Å². The van der Waals surface area contributed by atoms with E-state index in [1.54, 1.807) is 0 Å². The lowest BCUT2D eigenvalue weighted by Gasteiger charge is -2.24. The van der Waals surface area contributed by atoms with Gasteiger partial charge < -0.3 is 54.8 Å². The Hall–Kier alpha value is -3.99. The number of carboxylic acids is 1. The Labute approximate surface area is 200 Å². The number of aliphatic carboxylic acids is 1. The van der Waals surface area contributed by atoms with Crippen molar-refractivity contribution in [3.05, 3.63) is 0 Å². The molecule has 0 saturated heterocycles. The van der Waals surface area contributed by atoms with Crippen LogP contribution in [0.5, 0.6) is 0 Å². The van der Waals surface area contributed by atoms with E-state index in [4.69, 9.17) is 38.9 Å². The monoisotopic (exact) mass is 503 g/mol. The number of carbonyl (C=O) groups excluding carboxylic acids is 5. The molecule has 0 aromatic rings. The van der Waals surface area contributed by atoms with Gasteiger partial charge in [-0.15, -0.1) is 0 Å². The average Bonchev–Trinajstić information content (AvgIpc) is 2.75. The lowest BCUT2D eigenvalue weighted by molar-refractivity contribution is -0.143. The fourth-order valence-electron chi connectivity index (χ4n) is 2.62. The van der Waals surface area contributed by atoms with E-state index in [0.29, 0.717) is 0 Å². The minimum absolute atomic E-state index is 0.0700. The van der Waals surface area contributed by atoms with E-state index >= 15 is 0 Å². The van der Waals surface area contributed by atoms with Gasteiger partial charge in [0.05, 0.1) is 19.1 Å². The first-order chi connectivity index (χ1) is 16.3. The van der Waals surface area contributed by atoms with E-state index in [1.807, 2.05) is 0 Å². The van der Waals surface area contributed by atoms with Crippen molar-refractivity contribution >= 4 is 41.5 Å². The summed E-state index contributed by atoms with van der Waals surface area (Å²) in [7, 11) is 0. The summed E-state index contributed by atoms with van der Waals surface area (Å²) in [5, 5.41) is 24.7. The summed E-state index contributed by atoms with van der Waals surface area (Å²) in [6.45, 7) is -0.847. The van der Waals surface area contributed by atoms with Crippen LogP contribution in [0.3, 0.4) is 0 Å². The summed E-state index contributed by atoms with van der Waals surface area (Å²) in [6, 6.07) is -5.78. The van der Waals surface area contributed by atoms with E-state index in [-0.39, 0.29) is 38.2 Å². The number of aliphatic hydroxyl groups excluding tert-OH is 1. The number of rotatable bonds is 17. The highest BCUT2D eigenvalue weighted by molar-refractivity contribution is 5.96. The third-order valence-electron chi connectivity index (χ3n) is 4.45. The summed E-state index contributed by atoms with van der Waals surface area (Å²) >= 11 is 0. The zero-order chi connectivity index (χ0) is 27.1. The first-order valence-electron chi connectivity index (χ1n) is 10.4. The zero-order valence-electron chi connectivity index (χ0n) is 18.9. The molecule has 35 heavy (non-hydrogen) atoms. The zero-order valence-corrected chi connectivity index (χ0v) is 18.9. The summed E-state index contributed by atoms with van der Waals surface area (Å²) in [6.07, 6.45) is -0.898. The molecule has 4 atom stereocenters. The van der Waals surface area contributed by atoms with Crippen LogP contribution in [0.15, 0.2) is 4.99 Å². The van der Waals surface area contributed by atoms with Crippen molar-refractivity contribution in [3.63, 3.8) is 0 Å². The number of aliphatic hydroxyl groups is 1. The molecule has 4 unspecified atom stereocenters. The molecule has 0 aliphatic carbocycles. The van der Waals surface area contributed by atoms with Crippen molar-refractivity contribution in [2.75, 3.05) is 13.2 Å². The number of hydrogen-bond acceptors (Lipinski definition) is 9. The Kier molecular flexibility index (Phi) is 14.0. The molecule has 5 amide bonds. The first-order valence-corrected chi connectivity index (χ1v) is 10.4. The summed E-state index contributed by atoms with van der Waals surface area (Å²) in [4.78, 5) is 74.8. The fraction of sp³-hybridized carbons (Fsp3) is 0.611. The highest BCUT2D eigenvalue weighted by Crippen LogP contribution is 2.03. The Morgan fingerprint density at radius 2 is 1.31 bits per heavy atom. The van der Waals surface area contributed by atoms with Gasteiger partial charge in [0.1, 0.15) is 18.1 Å². The molecule has 0 aromatic carbocycles. The van der Waals surface area contributed by atoms with E-state index in [0.717, 1.165) is 0 Å². The molecule has 0 aromatic heterocycles. The van der Waals surface area contributed by atoms with Crippen LogP contribution in [0.25, 0.3) is 0 Å². The Morgan fingerprint density at radius 1 is 0.771 bits per heavy atom. The molecule has 0 radical (unpaired) electrons. The molecule has 0 bridgehead atoms. The van der Waals surface area contributed by atoms with Crippen LogP contribution in [0.1, 0.15) is 32.1 Å². The number of guanidine groups is 1. The number of nitrogens with one attached hydrogen (secondary N) is 3. The minimum atomic E-state index is -1.65. The van der Waals surface area contributed by atoms with Gasteiger partial charge in [-0.3, -0.25) is 29.0 Å². The molecule has 17 nitrogen and oxygen atoms in total. The Morgan fingerprint density at radius 3 is 1.80 bits per heavy atom. The standard InChI is InChI=1S/C18H33N9O8/c19-8(3-4-12(20)29)14(31)26-10(6-13(21)30)16(33)25-9(2-1-5-24-18(22)23)15(32)27-11(7-28)17(34)35/h8-11,28H,1-7,19H2,(H2,20,29)(H2,21,30)(H,25,33)(H,26,31)(H,27,32)(H,34,35)(H4,22,23,24). The van der Waals surface area contributed by atoms with Gasteiger partial charge in [-0.05, 0) is 19.3 Å². The second kappa shape index (κ2) is 15.8. The summed E-state index contributed by atoms with van der Waals surface area (Å²) < 4.78 is 0. The van der Waals surface area contributed by atoms with Gasteiger partial charge in [0.25, 0.3) is 0 Å². The molecule has 0 fully saturated rings. The number of carboxylic acid groups (broad SMARTS) is 1. The third kappa shape index (κ3) is 13.3. The van der Waals surface area contributed by atoms with Gasteiger partial charge in [-0.25, -0.2) is 4.79 Å². The van der Waals surface area contributed by atoms with E-state index in [1.165, 1.54) is 0 Å². The van der Waals surface area contributed by atoms with Crippen molar-refractivity contribution in [1.82, 2.24) is 16.0 Å². The number of nitrogens with two attached hydrogens (primary N) is 5. The van der Waals surface area contributed by atoms with Crippen LogP contribution in [0, 0.1) is 0 Å². The molecule has 198 valence electrons. The molecule has 0 spiro atoms. The summed E-state index contributed by atoms with van der Waals surface area (Å²) in [5.74, 6) is -6.24. The fourth-order valence-corrected chi connectivity index (χ4v) is 2.62. The maximum absolute atomic E-state index is 12.8. The topological polar surface area (TPSA) is 321 Å². The molecule has 0 aliphatic rings. The molecular weight excluding hydrogens is 470 g/mol. The quantitative estimate of drug-likeness (QED) is 0.0505. The Bertz CT molecular complexity index is 816. The van der Waals surface area contributed by atoms with Crippen LogP contribution >= 0.6 is 0 Å². The maximum Gasteiger partial charge on any atom is 0.328 e. The SMILES string of the molecule is NC(=O)CCC(N)C(=O)NC(CC(N)=O)C(=O)NC(CCCN=C(N)N)C(=O)NC(CO)C(=O)O. The highest BCUT2D eigenvalue weighted by atomic mass is 16.4. The maximum atomic E-state index is 12.8. The third-order valence-corrected chi connectivity index (χ3v) is 4.45. The van der Waals surface area contributed by atoms with E-state index in [9.17, 15) is 28.8 Å². The van der Waals surface area contributed by atoms with Gasteiger partial charge in [-0.2, -0.15) is 0 Å². The largest absolute Gasteiger partial charge is 0.480 e. The highest BCUT2D eigenvalue weighted by Gasteiger charge is 2.30. The van der Waals surface area contributed by atoms with Crippen molar-refractivity contribution in [3.8, 4) is 0 Å². The lowest BCUT2D eigenvalue weighted by atomic mass is 10.1. The molecule has 0 saturated carbocycles. The van der Waals surface area contributed by atoms with Crippen molar-refractivity contribution in [1.29, 1.82) is 0 Å². The van der Waals surface area contributed by atoms with Gasteiger partial charge >= 0.3 is 5.97 Å². The first kappa shape index (κ1) is 31.0. The molecule has 17 heteroatoms. The summed E-state index contributed by atoms with van der Waals surface area (Å²) in [5.41, 5.74) is 26.3. The van der Waals surface area contributed by atoms with Crippen LogP contribution in [0.4, 0.5) is 0 Å². The van der Waals surface area contributed by atoms with Gasteiger partial charge in [0, 0.05) is 13.0 Å². The van der Waals surface area contributed by atoms with Crippen molar-refractivity contribution in [2.45, 2.75) is 56.3 Å². The van der Waals surface area contributed by atoms with E-state index < -0.39 is 72.7 Å². The predicted molar refractivity (Wildman–Crippen MR) is 121 cm³/mol. The predicted octanol–water partition coefficient (Wildman–Crippen LogP) is -5.96. The normalized spacial score (nSPS) is 13.9. The number of aliphatic imine (C=N–C) groups is 1. The number of amides is 5. The molecule has 0 heterocycles. The van der Waals surface area contributed by atoms with Crippen LogP contribution < -0.4 is 44.6 Å². The number of primary amides is 2. The number of carbonyl (C=O) groups is 6. The number of nitrogens with zero attached hydrogens (tertiary/aromatic N) is 1. The smallest absolute Gasteiger partial charge is 0.328 e. The van der Waals surface area contributed by atoms with Crippen LogP contribution in [-0.4, -0.2) is 89.0 Å². The second-order valence-corrected chi connectivity index (χ2v) is 7.44. The van der Waals surface area contributed by atoms with Crippen molar-refractivity contribution < 1.29 is 39.0 Å². The van der Waals surface area contributed by atoms with Crippen molar-refractivity contribution in [2.24, 2.45) is 33.7 Å². The van der Waals surface area contributed by atoms with E-state index in [2.05, 4.69) is 20.9 Å². The molecule has 0 rings (SSSR count). The number of hydrogen-bond donors (Lipinski definition) is 10. The molecule has 15 N–H and O–H groups in total. The lowest BCUT2D eigenvalue weighted by Crippen LogP contribution is -2.58. The molecular formula is C18H33N9O8.